The molecule has 3 rings (SSSR count). The number of rotatable bonds is 1. The second kappa shape index (κ2) is 4.68. The van der Waals surface area contributed by atoms with Gasteiger partial charge in [-0.25, -0.2) is 0 Å². The molecule has 0 saturated carbocycles. The van der Waals surface area contributed by atoms with Crippen molar-refractivity contribution in [2.24, 2.45) is 0 Å². The summed E-state index contributed by atoms with van der Waals surface area (Å²) in [5.74, 6) is 0. The van der Waals surface area contributed by atoms with Crippen LogP contribution in [0.1, 0.15) is 37.4 Å². The van der Waals surface area contributed by atoms with Gasteiger partial charge in [0.25, 0.3) is 0 Å². The van der Waals surface area contributed by atoms with Crippen molar-refractivity contribution in [3.05, 3.63) is 64.1 Å². The third-order valence-corrected chi connectivity index (χ3v) is 4.44. The lowest BCUT2D eigenvalue weighted by Crippen LogP contribution is -2.31. The van der Waals surface area contributed by atoms with Crippen molar-refractivity contribution in [3.8, 4) is 0 Å². The number of hydrogen-bond acceptors (Lipinski definition) is 1. The first kappa shape index (κ1) is 12.7. The number of benzene rings is 2. The molecule has 1 N–H and O–H groups in total. The van der Waals surface area contributed by atoms with Gasteiger partial charge in [0.1, 0.15) is 0 Å². The molecule has 1 unspecified atom stereocenters. The summed E-state index contributed by atoms with van der Waals surface area (Å²) in [7, 11) is 0. The van der Waals surface area contributed by atoms with Gasteiger partial charge in [-0.15, -0.1) is 0 Å². The van der Waals surface area contributed by atoms with Gasteiger partial charge in [0.05, 0.1) is 6.04 Å². The monoisotopic (exact) mass is 315 g/mol. The first-order chi connectivity index (χ1) is 9.06. The fourth-order valence-electron chi connectivity index (χ4n) is 2.98. The van der Waals surface area contributed by atoms with E-state index in [2.05, 4.69) is 83.6 Å². The van der Waals surface area contributed by atoms with Crippen LogP contribution in [0.25, 0.3) is 0 Å². The van der Waals surface area contributed by atoms with Gasteiger partial charge in [-0.3, -0.25) is 0 Å². The highest BCUT2D eigenvalue weighted by atomic mass is 79.9. The molecule has 2 aromatic rings. The Morgan fingerprint density at radius 3 is 2.68 bits per heavy atom. The zero-order valence-electron chi connectivity index (χ0n) is 11.3. The fraction of sp³-hybridized carbons (Fsp3) is 0.294. The highest BCUT2D eigenvalue weighted by molar-refractivity contribution is 9.10. The van der Waals surface area contributed by atoms with Crippen molar-refractivity contribution in [2.45, 2.75) is 31.7 Å². The summed E-state index contributed by atoms with van der Waals surface area (Å²) >= 11 is 3.56. The van der Waals surface area contributed by atoms with Gasteiger partial charge in [-0.05, 0) is 41.2 Å². The van der Waals surface area contributed by atoms with Crippen LogP contribution in [0.2, 0.25) is 0 Å². The van der Waals surface area contributed by atoms with Crippen LogP contribution in [-0.4, -0.2) is 0 Å². The Balaban J connectivity index is 2.01. The van der Waals surface area contributed by atoms with E-state index in [1.165, 1.54) is 16.8 Å². The molecule has 2 aromatic carbocycles. The molecule has 1 atom stereocenters. The third kappa shape index (κ3) is 2.42. The van der Waals surface area contributed by atoms with Crippen molar-refractivity contribution in [3.63, 3.8) is 0 Å². The summed E-state index contributed by atoms with van der Waals surface area (Å²) in [4.78, 5) is 0. The average Bonchev–Trinajstić information content (AvgIpc) is 2.38. The maximum atomic E-state index is 3.68. The van der Waals surface area contributed by atoms with Crippen LogP contribution in [-0.2, 0) is 5.41 Å². The summed E-state index contributed by atoms with van der Waals surface area (Å²) in [6.45, 7) is 4.66. The van der Waals surface area contributed by atoms with Crippen LogP contribution in [0.15, 0.2) is 53.0 Å². The molecule has 19 heavy (non-hydrogen) atoms. The highest BCUT2D eigenvalue weighted by Gasteiger charge is 2.32. The molecule has 1 aliphatic rings. The first-order valence-electron chi connectivity index (χ1n) is 6.68. The maximum Gasteiger partial charge on any atom is 0.0522 e. The number of fused-ring (bicyclic) bond motifs is 1. The van der Waals surface area contributed by atoms with Gasteiger partial charge in [-0.1, -0.05) is 60.1 Å². The minimum atomic E-state index is 0.203. The normalized spacial score (nSPS) is 20.5. The number of halogens is 1. The molecule has 0 fully saturated rings. The van der Waals surface area contributed by atoms with Gasteiger partial charge >= 0.3 is 0 Å². The standard InChI is InChI=1S/C17H18BrN/c1-17(2)11-16(12-6-5-7-13(18)10-12)19-15-9-4-3-8-14(15)17/h3-10,16,19H,11H2,1-2H3. The number of nitrogens with one attached hydrogen (secondary N) is 1. The van der Waals surface area contributed by atoms with E-state index in [4.69, 9.17) is 0 Å². The quantitative estimate of drug-likeness (QED) is 0.754. The Bertz CT molecular complexity index is 604. The zero-order chi connectivity index (χ0) is 13.5. The Morgan fingerprint density at radius 2 is 1.89 bits per heavy atom. The smallest absolute Gasteiger partial charge is 0.0522 e. The molecule has 1 nitrogen and oxygen atoms in total. The molecule has 0 bridgehead atoms. The lowest BCUT2D eigenvalue weighted by atomic mass is 9.74. The fourth-order valence-corrected chi connectivity index (χ4v) is 3.40. The van der Waals surface area contributed by atoms with Crippen LogP contribution in [0.3, 0.4) is 0 Å². The largest absolute Gasteiger partial charge is 0.378 e. The molecular formula is C17H18BrN. The summed E-state index contributed by atoms with van der Waals surface area (Å²) in [6.07, 6.45) is 1.11. The summed E-state index contributed by atoms with van der Waals surface area (Å²) in [5.41, 5.74) is 4.23. The van der Waals surface area contributed by atoms with Crippen LogP contribution in [0.5, 0.6) is 0 Å². The Morgan fingerprint density at radius 1 is 1.11 bits per heavy atom. The molecule has 1 heterocycles. The van der Waals surface area contributed by atoms with E-state index < -0.39 is 0 Å². The number of hydrogen-bond donors (Lipinski definition) is 1. The van der Waals surface area contributed by atoms with Gasteiger partial charge < -0.3 is 5.32 Å². The average molecular weight is 316 g/mol. The van der Waals surface area contributed by atoms with Gasteiger partial charge in [0, 0.05) is 10.2 Å². The van der Waals surface area contributed by atoms with Crippen LogP contribution in [0, 0.1) is 0 Å². The predicted octanol–water partition coefficient (Wildman–Crippen LogP) is 5.28. The molecular weight excluding hydrogens is 298 g/mol. The second-order valence-corrected chi connectivity index (χ2v) is 6.80. The van der Waals surface area contributed by atoms with E-state index in [-0.39, 0.29) is 5.41 Å². The SMILES string of the molecule is CC1(C)CC(c2cccc(Br)c2)Nc2ccccc21. The number of para-hydroxylation sites is 1. The van der Waals surface area contributed by atoms with E-state index in [0.29, 0.717) is 6.04 Å². The molecule has 98 valence electrons. The molecule has 2 heteroatoms. The maximum absolute atomic E-state index is 3.68. The first-order valence-corrected chi connectivity index (χ1v) is 7.47. The highest BCUT2D eigenvalue weighted by Crippen LogP contribution is 2.43. The lowest BCUT2D eigenvalue weighted by Gasteiger charge is -2.39. The van der Waals surface area contributed by atoms with Crippen molar-refractivity contribution < 1.29 is 0 Å². The predicted molar refractivity (Wildman–Crippen MR) is 84.6 cm³/mol. The Labute approximate surface area is 123 Å². The summed E-state index contributed by atoms with van der Waals surface area (Å²) in [5, 5.41) is 3.68. The molecule has 0 aromatic heterocycles. The lowest BCUT2D eigenvalue weighted by molar-refractivity contribution is 0.427. The molecule has 0 aliphatic carbocycles. The van der Waals surface area contributed by atoms with E-state index in [1.54, 1.807) is 0 Å². The van der Waals surface area contributed by atoms with Crippen molar-refractivity contribution in [1.82, 2.24) is 0 Å². The molecule has 0 spiro atoms. The van der Waals surface area contributed by atoms with Crippen molar-refractivity contribution in [2.75, 3.05) is 5.32 Å². The topological polar surface area (TPSA) is 12.0 Å². The third-order valence-electron chi connectivity index (χ3n) is 3.95. The number of anilines is 1. The summed E-state index contributed by atoms with van der Waals surface area (Å²) < 4.78 is 1.14. The molecule has 0 radical (unpaired) electrons. The van der Waals surface area contributed by atoms with E-state index in [9.17, 15) is 0 Å². The molecule has 0 saturated heterocycles. The van der Waals surface area contributed by atoms with Gasteiger partial charge in [0.15, 0.2) is 0 Å². The van der Waals surface area contributed by atoms with Crippen molar-refractivity contribution in [1.29, 1.82) is 0 Å². The Kier molecular flexibility index (Phi) is 3.14. The van der Waals surface area contributed by atoms with E-state index >= 15 is 0 Å². The van der Waals surface area contributed by atoms with E-state index in [1.807, 2.05) is 0 Å². The Hall–Kier alpha value is -1.28. The molecule has 0 amide bonds. The minimum absolute atomic E-state index is 0.203. The van der Waals surface area contributed by atoms with Gasteiger partial charge in [0.2, 0.25) is 0 Å². The van der Waals surface area contributed by atoms with E-state index in [0.717, 1.165) is 10.9 Å². The van der Waals surface area contributed by atoms with Crippen molar-refractivity contribution >= 4 is 21.6 Å². The molecule has 1 aliphatic heterocycles. The van der Waals surface area contributed by atoms with Gasteiger partial charge in [-0.2, -0.15) is 0 Å². The van der Waals surface area contributed by atoms with Crippen LogP contribution in [0.4, 0.5) is 5.69 Å². The summed E-state index contributed by atoms with van der Waals surface area (Å²) in [6, 6.07) is 17.6. The second-order valence-electron chi connectivity index (χ2n) is 5.89. The zero-order valence-corrected chi connectivity index (χ0v) is 12.9. The minimum Gasteiger partial charge on any atom is -0.378 e. The van der Waals surface area contributed by atoms with Crippen LogP contribution >= 0.6 is 15.9 Å². The van der Waals surface area contributed by atoms with Crippen LogP contribution < -0.4 is 5.32 Å².